The molecule has 3 heteroatoms. The zero-order chi connectivity index (χ0) is 17.8. The zero-order valence-corrected chi connectivity index (χ0v) is 19.0. The summed E-state index contributed by atoms with van der Waals surface area (Å²) < 4.78 is 10.2. The molecule has 0 saturated carbocycles. The Balaban J connectivity index is 3.25. The van der Waals surface area contributed by atoms with Crippen LogP contribution in [-0.2, 0) is 9.53 Å². The molecule has 1 aromatic carbocycles. The molecule has 1 aromatic rings. The third-order valence-electron chi connectivity index (χ3n) is 5.03. The normalized spacial score (nSPS) is 12.8. The number of carbonyl (C=O) groups is 1. The molecule has 0 saturated heterocycles. The Morgan fingerprint density at radius 3 is 1.75 bits per heavy atom. The molecule has 1 unspecified atom stereocenters. The van der Waals surface area contributed by atoms with E-state index < -0.39 is 18.4 Å². The molecule has 0 spiro atoms. The number of hydrogen-bond donors (Lipinski definition) is 0. The summed E-state index contributed by atoms with van der Waals surface area (Å²) in [6.07, 6.45) is 7.56. The summed E-state index contributed by atoms with van der Waals surface area (Å²) in [5, 5.41) is 0. The number of rotatable bonds is 12. The van der Waals surface area contributed by atoms with Crippen LogP contribution in [0.1, 0.15) is 75.9 Å². The molecule has 2 nitrogen and oxygen atoms in total. The summed E-state index contributed by atoms with van der Waals surface area (Å²) in [6, 6.07) is 10.6. The van der Waals surface area contributed by atoms with E-state index in [0.29, 0.717) is 0 Å². The first-order valence-corrected chi connectivity index (χ1v) is 17.5. The van der Waals surface area contributed by atoms with Crippen molar-refractivity contribution in [1.82, 2.24) is 0 Å². The molecule has 0 fully saturated rings. The van der Waals surface area contributed by atoms with Crippen molar-refractivity contribution in [2.24, 2.45) is 0 Å². The Morgan fingerprint density at radius 1 is 0.917 bits per heavy atom. The van der Waals surface area contributed by atoms with Gasteiger partial charge in [-0.15, -0.1) is 0 Å². The van der Waals surface area contributed by atoms with E-state index in [0.717, 1.165) is 0 Å². The molecule has 0 aliphatic rings. The van der Waals surface area contributed by atoms with E-state index in [9.17, 15) is 4.79 Å². The Morgan fingerprint density at radius 2 is 1.38 bits per heavy atom. The number of unbranched alkanes of at least 4 members (excludes halogenated alkanes) is 3. The van der Waals surface area contributed by atoms with E-state index in [1.807, 2.05) is 0 Å². The van der Waals surface area contributed by atoms with Crippen molar-refractivity contribution >= 4 is 24.3 Å². The fourth-order valence-corrected chi connectivity index (χ4v) is 20.9. The second-order valence-electron chi connectivity index (χ2n) is 7.07. The van der Waals surface area contributed by atoms with Gasteiger partial charge >= 0.3 is 153 Å². The molecular weight excluding hydrogens is 403 g/mol. The van der Waals surface area contributed by atoms with Crippen LogP contribution in [0.5, 0.6) is 0 Å². The van der Waals surface area contributed by atoms with Gasteiger partial charge in [-0.1, -0.05) is 0 Å². The molecule has 136 valence electrons. The number of esters is 1. The standard InChI is InChI=1S/C9H9O2.3C4H9.Sn/c1-8(10)11-7-9-5-3-2-4-6-9;3*1-3-4-2;/h2-7H,1H3;3*1,3-4H2,2H3;. The van der Waals surface area contributed by atoms with Gasteiger partial charge in [0.25, 0.3) is 0 Å². The Labute approximate surface area is 153 Å². The first-order valence-electron chi connectivity index (χ1n) is 9.81. The van der Waals surface area contributed by atoms with E-state index in [1.54, 1.807) is 6.92 Å². The Kier molecular flexibility index (Phi) is 10.7. The van der Waals surface area contributed by atoms with E-state index in [-0.39, 0.29) is 10.1 Å². The van der Waals surface area contributed by atoms with Gasteiger partial charge in [0.15, 0.2) is 0 Å². The maximum absolute atomic E-state index is 11.9. The molecule has 0 heterocycles. The zero-order valence-electron chi connectivity index (χ0n) is 16.1. The summed E-state index contributed by atoms with van der Waals surface area (Å²) in [5.41, 5.74) is 1.24. The predicted molar refractivity (Wildman–Crippen MR) is 106 cm³/mol. The van der Waals surface area contributed by atoms with E-state index in [2.05, 4.69) is 51.1 Å². The second kappa shape index (κ2) is 11.9. The predicted octanol–water partition coefficient (Wildman–Crippen LogP) is 6.68. The van der Waals surface area contributed by atoms with Gasteiger partial charge in [0.2, 0.25) is 0 Å². The average Bonchev–Trinajstić information content (AvgIpc) is 2.60. The molecule has 0 radical (unpaired) electrons. The van der Waals surface area contributed by atoms with Gasteiger partial charge in [-0.2, -0.15) is 0 Å². The van der Waals surface area contributed by atoms with Crippen LogP contribution in [0.3, 0.4) is 0 Å². The summed E-state index contributed by atoms with van der Waals surface area (Å²) in [5.74, 6) is -0.116. The van der Waals surface area contributed by atoms with Gasteiger partial charge in [0.1, 0.15) is 0 Å². The van der Waals surface area contributed by atoms with Gasteiger partial charge < -0.3 is 0 Å². The van der Waals surface area contributed by atoms with Crippen LogP contribution in [-0.4, -0.2) is 24.3 Å². The summed E-state index contributed by atoms with van der Waals surface area (Å²) in [7, 11) is 0. The van der Waals surface area contributed by atoms with E-state index >= 15 is 0 Å². The molecule has 0 N–H and O–H groups in total. The molecule has 1 rings (SSSR count). The summed E-state index contributed by atoms with van der Waals surface area (Å²) in [6.45, 7) is 8.41. The first kappa shape index (κ1) is 21.5. The fourth-order valence-electron chi connectivity index (χ4n) is 3.70. The van der Waals surface area contributed by atoms with Crippen LogP contribution in [0, 0.1) is 0 Å². The molecule has 24 heavy (non-hydrogen) atoms. The van der Waals surface area contributed by atoms with Crippen LogP contribution < -0.4 is 0 Å². The van der Waals surface area contributed by atoms with Crippen LogP contribution >= 0.6 is 0 Å². The minimum absolute atomic E-state index is 0.0858. The Bertz CT molecular complexity index is 436. The number of hydrogen-bond acceptors (Lipinski definition) is 2. The van der Waals surface area contributed by atoms with E-state index in [4.69, 9.17) is 4.74 Å². The third-order valence-corrected chi connectivity index (χ3v) is 21.0. The van der Waals surface area contributed by atoms with Crippen molar-refractivity contribution < 1.29 is 9.53 Å². The second-order valence-corrected chi connectivity index (χ2v) is 20.6. The van der Waals surface area contributed by atoms with Crippen LogP contribution in [0.25, 0.3) is 0 Å². The van der Waals surface area contributed by atoms with Crippen molar-refractivity contribution in [2.75, 3.05) is 0 Å². The van der Waals surface area contributed by atoms with Crippen molar-refractivity contribution in [3.8, 4) is 0 Å². The molecule has 0 aliphatic carbocycles. The van der Waals surface area contributed by atoms with E-state index in [1.165, 1.54) is 57.4 Å². The summed E-state index contributed by atoms with van der Waals surface area (Å²) >= 11 is -2.66. The topological polar surface area (TPSA) is 26.3 Å². The minimum atomic E-state index is -2.66. The first-order chi connectivity index (χ1) is 11.6. The van der Waals surface area contributed by atoms with Crippen molar-refractivity contribution in [3.63, 3.8) is 0 Å². The van der Waals surface area contributed by atoms with Crippen molar-refractivity contribution in [3.05, 3.63) is 35.9 Å². The SMILES string of the molecule is CCC[CH2][Sn]([CH2]CCC)([CH2]CCC)[CH](OC(C)=O)c1ccccc1. The molecular formula is C21H36O2Sn. The summed E-state index contributed by atoms with van der Waals surface area (Å²) in [4.78, 5) is 11.9. The average molecular weight is 439 g/mol. The molecule has 0 aromatic heterocycles. The van der Waals surface area contributed by atoms with Crippen LogP contribution in [0.15, 0.2) is 30.3 Å². The van der Waals surface area contributed by atoms with Crippen molar-refractivity contribution in [1.29, 1.82) is 0 Å². The molecule has 0 bridgehead atoms. The van der Waals surface area contributed by atoms with Crippen molar-refractivity contribution in [2.45, 2.75) is 83.6 Å². The molecule has 1 atom stereocenters. The number of ether oxygens (including phenoxy) is 1. The number of carbonyl (C=O) groups excluding carboxylic acids is 1. The molecule has 0 amide bonds. The van der Waals surface area contributed by atoms with Gasteiger partial charge in [-0.25, -0.2) is 0 Å². The van der Waals surface area contributed by atoms with Crippen LogP contribution in [0.4, 0.5) is 0 Å². The van der Waals surface area contributed by atoms with Gasteiger partial charge in [0.05, 0.1) is 0 Å². The monoisotopic (exact) mass is 440 g/mol. The third kappa shape index (κ3) is 6.78. The maximum atomic E-state index is 11.9. The fraction of sp³-hybridized carbons (Fsp3) is 0.667. The number of benzene rings is 1. The van der Waals surface area contributed by atoms with Crippen LogP contribution in [0.2, 0.25) is 13.3 Å². The molecule has 0 aliphatic heterocycles. The van der Waals surface area contributed by atoms with Gasteiger partial charge in [-0.05, 0) is 0 Å². The van der Waals surface area contributed by atoms with Gasteiger partial charge in [0, 0.05) is 0 Å². The Hall–Kier alpha value is -0.511. The quantitative estimate of drug-likeness (QED) is 0.268. The van der Waals surface area contributed by atoms with Gasteiger partial charge in [-0.3, -0.25) is 0 Å².